The molecule has 5 heteroatoms. The predicted octanol–water partition coefficient (Wildman–Crippen LogP) is 3.39. The summed E-state index contributed by atoms with van der Waals surface area (Å²) in [5, 5.41) is 0. The number of sulfonamides is 1. The summed E-state index contributed by atoms with van der Waals surface area (Å²) in [6, 6.07) is 2.65. The van der Waals surface area contributed by atoms with Crippen LogP contribution in [-0.2, 0) is 10.0 Å². The standard InChI is InChI=1S/C15H22FNO2S/c1-5-14-7-6-12(4)17(14)20(18,19)15-10(2)8-13(16)9-11(15)3/h8-9,12,14H,5-7H2,1-4H3. The van der Waals surface area contributed by atoms with Crippen molar-refractivity contribution in [3.63, 3.8) is 0 Å². The normalized spacial score (nSPS) is 24.2. The van der Waals surface area contributed by atoms with Crippen LogP contribution >= 0.6 is 0 Å². The lowest BCUT2D eigenvalue weighted by Crippen LogP contribution is -2.40. The van der Waals surface area contributed by atoms with Crippen molar-refractivity contribution in [3.05, 3.63) is 29.1 Å². The van der Waals surface area contributed by atoms with Crippen molar-refractivity contribution >= 4 is 10.0 Å². The predicted molar refractivity (Wildman–Crippen MR) is 77.7 cm³/mol. The summed E-state index contributed by atoms with van der Waals surface area (Å²) < 4.78 is 41.0. The van der Waals surface area contributed by atoms with Crippen LogP contribution in [0.15, 0.2) is 17.0 Å². The van der Waals surface area contributed by atoms with Crippen LogP contribution in [0.5, 0.6) is 0 Å². The Hall–Kier alpha value is -0.940. The van der Waals surface area contributed by atoms with E-state index in [0.29, 0.717) is 11.1 Å². The topological polar surface area (TPSA) is 37.4 Å². The molecule has 1 aromatic carbocycles. The molecule has 20 heavy (non-hydrogen) atoms. The van der Waals surface area contributed by atoms with Gasteiger partial charge in [0.25, 0.3) is 0 Å². The van der Waals surface area contributed by atoms with E-state index in [1.807, 2.05) is 13.8 Å². The lowest BCUT2D eigenvalue weighted by Gasteiger charge is -2.28. The summed E-state index contributed by atoms with van der Waals surface area (Å²) in [7, 11) is -3.56. The molecule has 0 saturated carbocycles. The van der Waals surface area contributed by atoms with Gasteiger partial charge in [-0.15, -0.1) is 0 Å². The van der Waals surface area contributed by atoms with Crippen molar-refractivity contribution in [2.75, 3.05) is 0 Å². The molecule has 0 aliphatic carbocycles. The van der Waals surface area contributed by atoms with Gasteiger partial charge in [-0.3, -0.25) is 0 Å². The number of aryl methyl sites for hydroxylation is 2. The molecule has 0 aromatic heterocycles. The average molecular weight is 299 g/mol. The maximum Gasteiger partial charge on any atom is 0.244 e. The van der Waals surface area contributed by atoms with E-state index in [1.54, 1.807) is 18.2 Å². The average Bonchev–Trinajstić information content (AvgIpc) is 2.69. The van der Waals surface area contributed by atoms with Gasteiger partial charge in [-0.2, -0.15) is 4.31 Å². The molecule has 0 amide bonds. The molecule has 0 N–H and O–H groups in total. The van der Waals surface area contributed by atoms with Gasteiger partial charge in [0.15, 0.2) is 0 Å². The molecule has 1 aliphatic heterocycles. The summed E-state index contributed by atoms with van der Waals surface area (Å²) in [4.78, 5) is 0.270. The Bertz CT molecular complexity index is 589. The van der Waals surface area contributed by atoms with Gasteiger partial charge >= 0.3 is 0 Å². The third-order valence-electron chi connectivity index (χ3n) is 4.14. The molecule has 0 bridgehead atoms. The monoisotopic (exact) mass is 299 g/mol. The number of halogens is 1. The highest BCUT2D eigenvalue weighted by molar-refractivity contribution is 7.89. The molecular formula is C15H22FNO2S. The van der Waals surface area contributed by atoms with Gasteiger partial charge in [0.05, 0.1) is 4.90 Å². The number of hydrogen-bond acceptors (Lipinski definition) is 2. The Morgan fingerprint density at radius 2 is 1.80 bits per heavy atom. The van der Waals surface area contributed by atoms with Gasteiger partial charge in [-0.05, 0) is 63.3 Å². The van der Waals surface area contributed by atoms with E-state index in [4.69, 9.17) is 0 Å². The molecule has 1 aliphatic rings. The van der Waals surface area contributed by atoms with Crippen LogP contribution in [0.3, 0.4) is 0 Å². The second-order valence-corrected chi connectivity index (χ2v) is 7.47. The van der Waals surface area contributed by atoms with Gasteiger partial charge in [0.2, 0.25) is 10.0 Å². The summed E-state index contributed by atoms with van der Waals surface area (Å²) in [6.07, 6.45) is 2.59. The van der Waals surface area contributed by atoms with Crippen molar-refractivity contribution in [2.45, 2.75) is 63.9 Å². The fourth-order valence-corrected chi connectivity index (χ4v) is 5.64. The van der Waals surface area contributed by atoms with Crippen molar-refractivity contribution in [1.29, 1.82) is 0 Å². The van der Waals surface area contributed by atoms with Gasteiger partial charge in [0, 0.05) is 12.1 Å². The van der Waals surface area contributed by atoms with Crippen molar-refractivity contribution in [2.24, 2.45) is 0 Å². The molecule has 1 saturated heterocycles. The molecule has 2 atom stereocenters. The summed E-state index contributed by atoms with van der Waals surface area (Å²) >= 11 is 0. The molecule has 2 rings (SSSR count). The highest BCUT2D eigenvalue weighted by atomic mass is 32.2. The second kappa shape index (κ2) is 5.45. The molecule has 1 fully saturated rings. The number of hydrogen-bond donors (Lipinski definition) is 0. The van der Waals surface area contributed by atoms with Crippen LogP contribution in [0.25, 0.3) is 0 Å². The summed E-state index contributed by atoms with van der Waals surface area (Å²) in [6.45, 7) is 7.27. The first kappa shape index (κ1) is 15.4. The Morgan fingerprint density at radius 3 is 2.30 bits per heavy atom. The van der Waals surface area contributed by atoms with E-state index in [9.17, 15) is 12.8 Å². The third kappa shape index (κ3) is 2.49. The van der Waals surface area contributed by atoms with E-state index in [2.05, 4.69) is 0 Å². The number of rotatable bonds is 3. The van der Waals surface area contributed by atoms with E-state index >= 15 is 0 Å². The fraction of sp³-hybridized carbons (Fsp3) is 0.600. The fourth-order valence-electron chi connectivity index (χ4n) is 3.27. The summed E-state index contributed by atoms with van der Waals surface area (Å²) in [5.41, 5.74) is 0.966. The minimum absolute atomic E-state index is 0.00815. The van der Waals surface area contributed by atoms with Crippen LogP contribution in [-0.4, -0.2) is 24.8 Å². The molecule has 1 aromatic rings. The Kier molecular flexibility index (Phi) is 4.21. The van der Waals surface area contributed by atoms with Gasteiger partial charge in [-0.1, -0.05) is 6.92 Å². The molecule has 0 spiro atoms. The Balaban J connectivity index is 2.56. The first-order chi connectivity index (χ1) is 9.28. The Morgan fingerprint density at radius 1 is 1.25 bits per heavy atom. The lowest BCUT2D eigenvalue weighted by molar-refractivity contribution is 0.328. The number of nitrogens with zero attached hydrogens (tertiary/aromatic N) is 1. The number of benzene rings is 1. The van der Waals surface area contributed by atoms with Gasteiger partial charge in [0.1, 0.15) is 5.82 Å². The highest BCUT2D eigenvalue weighted by Gasteiger charge is 2.40. The first-order valence-electron chi connectivity index (χ1n) is 7.09. The van der Waals surface area contributed by atoms with Crippen LogP contribution in [0.2, 0.25) is 0 Å². The molecule has 2 unspecified atom stereocenters. The zero-order valence-corrected chi connectivity index (χ0v) is 13.3. The SMILES string of the molecule is CCC1CCC(C)N1S(=O)(=O)c1c(C)cc(F)cc1C. The molecular weight excluding hydrogens is 277 g/mol. The molecule has 0 radical (unpaired) electrons. The molecule has 3 nitrogen and oxygen atoms in total. The second-order valence-electron chi connectivity index (χ2n) is 5.69. The largest absolute Gasteiger partial charge is 0.244 e. The zero-order valence-electron chi connectivity index (χ0n) is 12.5. The van der Waals surface area contributed by atoms with Crippen LogP contribution in [0.4, 0.5) is 4.39 Å². The maximum atomic E-state index is 13.4. The molecule has 112 valence electrons. The molecule has 1 heterocycles. The van der Waals surface area contributed by atoms with Crippen molar-refractivity contribution < 1.29 is 12.8 Å². The highest BCUT2D eigenvalue weighted by Crippen LogP contribution is 2.34. The smallest absolute Gasteiger partial charge is 0.207 e. The minimum atomic E-state index is -3.56. The lowest BCUT2D eigenvalue weighted by atomic mass is 10.1. The van der Waals surface area contributed by atoms with Crippen LogP contribution in [0.1, 0.15) is 44.2 Å². The van der Waals surface area contributed by atoms with Crippen LogP contribution < -0.4 is 0 Å². The van der Waals surface area contributed by atoms with E-state index in [1.165, 1.54) is 12.1 Å². The maximum absolute atomic E-state index is 13.4. The third-order valence-corrected chi connectivity index (χ3v) is 6.52. The Labute approximate surface area is 120 Å². The van der Waals surface area contributed by atoms with Crippen molar-refractivity contribution in [3.8, 4) is 0 Å². The van der Waals surface area contributed by atoms with E-state index < -0.39 is 10.0 Å². The summed E-state index contributed by atoms with van der Waals surface area (Å²) in [5.74, 6) is -0.388. The first-order valence-corrected chi connectivity index (χ1v) is 8.53. The van der Waals surface area contributed by atoms with Gasteiger partial charge < -0.3 is 0 Å². The zero-order chi connectivity index (χ0) is 15.1. The quantitative estimate of drug-likeness (QED) is 0.858. The minimum Gasteiger partial charge on any atom is -0.207 e. The van der Waals surface area contributed by atoms with E-state index in [0.717, 1.165) is 19.3 Å². The van der Waals surface area contributed by atoms with Gasteiger partial charge in [-0.25, -0.2) is 12.8 Å². The van der Waals surface area contributed by atoms with Crippen molar-refractivity contribution in [1.82, 2.24) is 4.31 Å². The van der Waals surface area contributed by atoms with Crippen LogP contribution in [0, 0.1) is 19.7 Å². The van der Waals surface area contributed by atoms with E-state index in [-0.39, 0.29) is 22.8 Å².